The summed E-state index contributed by atoms with van der Waals surface area (Å²) in [6, 6.07) is 8.92. The van der Waals surface area contributed by atoms with Crippen molar-refractivity contribution in [1.82, 2.24) is 4.98 Å². The minimum atomic E-state index is -4.48. The standard InChI is InChI=1S/C21H10ClF4NO2S/c22-17-9-19-16(8-18(17)26)21(11-1-3-12(23)4-2-11)20(10-27-19)30(28,29)15-6-13(24)5-14(25)7-15/h1-10H. The van der Waals surface area contributed by atoms with Crippen molar-refractivity contribution in [2.45, 2.75) is 9.79 Å². The predicted octanol–water partition coefficient (Wildman–Crippen LogP) is 5.94. The van der Waals surface area contributed by atoms with Crippen LogP contribution in [0.15, 0.2) is 70.6 Å². The van der Waals surface area contributed by atoms with Crippen LogP contribution in [0.3, 0.4) is 0 Å². The quantitative estimate of drug-likeness (QED) is 0.362. The molecular formula is C21H10ClF4NO2S. The molecule has 0 aliphatic carbocycles. The molecule has 0 fully saturated rings. The van der Waals surface area contributed by atoms with E-state index in [0.717, 1.165) is 24.4 Å². The van der Waals surface area contributed by atoms with Crippen LogP contribution in [0.5, 0.6) is 0 Å². The van der Waals surface area contributed by atoms with Crippen molar-refractivity contribution in [3.05, 3.63) is 89.1 Å². The highest BCUT2D eigenvalue weighted by molar-refractivity contribution is 7.91. The molecule has 0 radical (unpaired) electrons. The molecule has 4 rings (SSSR count). The van der Waals surface area contributed by atoms with E-state index in [0.29, 0.717) is 18.2 Å². The molecule has 1 heterocycles. The summed E-state index contributed by atoms with van der Waals surface area (Å²) in [4.78, 5) is 2.97. The summed E-state index contributed by atoms with van der Waals surface area (Å²) < 4.78 is 81.4. The van der Waals surface area contributed by atoms with Gasteiger partial charge in [0.25, 0.3) is 0 Å². The Kier molecular flexibility index (Phi) is 4.99. The van der Waals surface area contributed by atoms with Crippen LogP contribution in [0.1, 0.15) is 0 Å². The lowest BCUT2D eigenvalue weighted by molar-refractivity contribution is 0.567. The largest absolute Gasteiger partial charge is 0.255 e. The molecule has 0 saturated carbocycles. The Morgan fingerprint density at radius 2 is 1.43 bits per heavy atom. The molecule has 0 aliphatic rings. The molecule has 3 aromatic carbocycles. The highest BCUT2D eigenvalue weighted by Crippen LogP contribution is 2.38. The van der Waals surface area contributed by atoms with Crippen LogP contribution in [0.2, 0.25) is 5.02 Å². The summed E-state index contributed by atoms with van der Waals surface area (Å²) in [5.74, 6) is -3.55. The van der Waals surface area contributed by atoms with Gasteiger partial charge in [0.15, 0.2) is 0 Å². The Hall–Kier alpha value is -2.97. The van der Waals surface area contributed by atoms with E-state index in [1.54, 1.807) is 0 Å². The van der Waals surface area contributed by atoms with E-state index >= 15 is 0 Å². The molecule has 0 amide bonds. The number of hydrogen-bond donors (Lipinski definition) is 0. The molecular weight excluding hydrogens is 442 g/mol. The van der Waals surface area contributed by atoms with Crippen molar-refractivity contribution in [2.75, 3.05) is 0 Å². The number of aromatic nitrogens is 1. The molecule has 3 nitrogen and oxygen atoms in total. The molecule has 0 saturated heterocycles. The summed E-state index contributed by atoms with van der Waals surface area (Å²) in [6.07, 6.45) is 0.993. The zero-order valence-electron chi connectivity index (χ0n) is 14.8. The van der Waals surface area contributed by atoms with Gasteiger partial charge in [0.1, 0.15) is 23.3 Å². The van der Waals surface area contributed by atoms with Gasteiger partial charge in [0.05, 0.1) is 20.3 Å². The number of nitrogens with zero attached hydrogens (tertiary/aromatic N) is 1. The SMILES string of the molecule is O=S(=O)(c1cc(F)cc(F)c1)c1cnc2cc(Cl)c(F)cc2c1-c1ccc(F)cc1. The van der Waals surface area contributed by atoms with Gasteiger partial charge in [-0.15, -0.1) is 0 Å². The zero-order chi connectivity index (χ0) is 21.6. The van der Waals surface area contributed by atoms with Gasteiger partial charge in [-0.1, -0.05) is 23.7 Å². The lowest BCUT2D eigenvalue weighted by Gasteiger charge is -2.14. The first-order chi connectivity index (χ1) is 14.2. The second kappa shape index (κ2) is 7.37. The molecule has 0 aliphatic heterocycles. The van der Waals surface area contributed by atoms with Gasteiger partial charge in [-0.3, -0.25) is 4.98 Å². The Morgan fingerprint density at radius 3 is 2.07 bits per heavy atom. The second-order valence-corrected chi connectivity index (χ2v) is 8.72. The van der Waals surface area contributed by atoms with E-state index in [9.17, 15) is 26.0 Å². The molecule has 0 atom stereocenters. The molecule has 0 unspecified atom stereocenters. The average Bonchev–Trinajstić information content (AvgIpc) is 2.68. The third kappa shape index (κ3) is 3.53. The van der Waals surface area contributed by atoms with Crippen molar-refractivity contribution in [1.29, 1.82) is 0 Å². The third-order valence-corrected chi connectivity index (χ3v) is 6.48. The fourth-order valence-electron chi connectivity index (χ4n) is 3.10. The molecule has 0 spiro atoms. The van der Waals surface area contributed by atoms with Gasteiger partial charge >= 0.3 is 0 Å². The van der Waals surface area contributed by atoms with E-state index in [1.165, 1.54) is 18.2 Å². The van der Waals surface area contributed by atoms with E-state index in [-0.39, 0.29) is 27.1 Å². The van der Waals surface area contributed by atoms with E-state index in [1.807, 2.05) is 0 Å². The van der Waals surface area contributed by atoms with Gasteiger partial charge in [-0.05, 0) is 42.0 Å². The first-order valence-electron chi connectivity index (χ1n) is 8.42. The molecule has 0 bridgehead atoms. The van der Waals surface area contributed by atoms with E-state index < -0.39 is 42.9 Å². The minimum Gasteiger partial charge on any atom is -0.255 e. The van der Waals surface area contributed by atoms with Crippen LogP contribution in [-0.2, 0) is 9.84 Å². The first kappa shape index (κ1) is 20.3. The molecule has 0 N–H and O–H groups in total. The fourth-order valence-corrected chi connectivity index (χ4v) is 4.73. The lowest BCUT2D eigenvalue weighted by atomic mass is 10.0. The zero-order valence-corrected chi connectivity index (χ0v) is 16.4. The molecule has 1 aromatic heterocycles. The summed E-state index contributed by atoms with van der Waals surface area (Å²) in [6.45, 7) is 0. The Morgan fingerprint density at radius 1 is 0.800 bits per heavy atom. The number of hydrogen-bond acceptors (Lipinski definition) is 3. The van der Waals surface area contributed by atoms with Crippen molar-refractivity contribution in [3.8, 4) is 11.1 Å². The van der Waals surface area contributed by atoms with Crippen LogP contribution in [-0.4, -0.2) is 13.4 Å². The van der Waals surface area contributed by atoms with Crippen molar-refractivity contribution in [2.24, 2.45) is 0 Å². The maximum absolute atomic E-state index is 14.2. The van der Waals surface area contributed by atoms with Gasteiger partial charge in [0, 0.05) is 23.2 Å². The topological polar surface area (TPSA) is 47.0 Å². The maximum Gasteiger partial charge on any atom is 0.208 e. The summed E-state index contributed by atoms with van der Waals surface area (Å²) >= 11 is 5.80. The van der Waals surface area contributed by atoms with E-state index in [2.05, 4.69) is 4.98 Å². The summed E-state index contributed by atoms with van der Waals surface area (Å²) in [5, 5.41) is -0.135. The van der Waals surface area contributed by atoms with Crippen molar-refractivity contribution < 1.29 is 26.0 Å². The Balaban J connectivity index is 2.10. The fraction of sp³-hybridized carbons (Fsp3) is 0. The highest BCUT2D eigenvalue weighted by atomic mass is 35.5. The van der Waals surface area contributed by atoms with Gasteiger partial charge in [0.2, 0.25) is 9.84 Å². The Labute approximate surface area is 173 Å². The molecule has 4 aromatic rings. The summed E-state index contributed by atoms with van der Waals surface area (Å²) in [7, 11) is -4.48. The molecule has 9 heteroatoms. The average molecular weight is 452 g/mol. The number of benzene rings is 3. The van der Waals surface area contributed by atoms with Gasteiger partial charge in [-0.25, -0.2) is 26.0 Å². The minimum absolute atomic E-state index is 0.000219. The van der Waals surface area contributed by atoms with Crippen molar-refractivity contribution >= 4 is 32.3 Å². The monoisotopic (exact) mass is 451 g/mol. The van der Waals surface area contributed by atoms with Gasteiger partial charge in [-0.2, -0.15) is 0 Å². The first-order valence-corrected chi connectivity index (χ1v) is 10.3. The molecule has 30 heavy (non-hydrogen) atoms. The number of sulfone groups is 1. The predicted molar refractivity (Wildman–Crippen MR) is 104 cm³/mol. The van der Waals surface area contributed by atoms with Crippen LogP contribution >= 0.6 is 11.6 Å². The number of fused-ring (bicyclic) bond motifs is 1. The van der Waals surface area contributed by atoms with E-state index in [4.69, 9.17) is 11.6 Å². The number of pyridine rings is 1. The molecule has 152 valence electrons. The van der Waals surface area contributed by atoms with Crippen LogP contribution in [0, 0.1) is 23.3 Å². The third-order valence-electron chi connectivity index (χ3n) is 4.44. The van der Waals surface area contributed by atoms with Crippen molar-refractivity contribution in [3.63, 3.8) is 0 Å². The van der Waals surface area contributed by atoms with Crippen LogP contribution in [0.25, 0.3) is 22.0 Å². The second-order valence-electron chi connectivity index (χ2n) is 6.40. The lowest BCUT2D eigenvalue weighted by Crippen LogP contribution is -2.07. The van der Waals surface area contributed by atoms with Gasteiger partial charge < -0.3 is 0 Å². The van der Waals surface area contributed by atoms with Crippen LogP contribution < -0.4 is 0 Å². The smallest absolute Gasteiger partial charge is 0.208 e. The number of halogens is 5. The van der Waals surface area contributed by atoms with Crippen LogP contribution in [0.4, 0.5) is 17.6 Å². The maximum atomic E-state index is 14.2. The number of rotatable bonds is 3. The highest BCUT2D eigenvalue weighted by Gasteiger charge is 2.26. The Bertz CT molecular complexity index is 1390. The summed E-state index contributed by atoms with van der Waals surface area (Å²) in [5.41, 5.74) is 0.423. The normalized spacial score (nSPS) is 11.8.